The molecule has 6 rings (SSSR count). The first-order valence-electron chi connectivity index (χ1n) is 15.6. The van der Waals surface area contributed by atoms with Crippen LogP contribution in [0.15, 0.2) is 89.3 Å². The molecule has 45 heavy (non-hydrogen) atoms. The van der Waals surface area contributed by atoms with Gasteiger partial charge in [-0.15, -0.1) is 0 Å². The van der Waals surface area contributed by atoms with Crippen molar-refractivity contribution in [2.75, 3.05) is 38.5 Å². The van der Waals surface area contributed by atoms with Crippen molar-refractivity contribution in [3.63, 3.8) is 0 Å². The summed E-state index contributed by atoms with van der Waals surface area (Å²) >= 11 is 12.7. The number of halogens is 2. The van der Waals surface area contributed by atoms with Crippen LogP contribution in [-0.4, -0.2) is 64.5 Å². The number of carbonyl (C=O) groups excluding carboxylic acids is 1. The molecule has 0 bridgehead atoms. The largest absolute Gasteiger partial charge is 0.464 e. The van der Waals surface area contributed by atoms with Gasteiger partial charge < -0.3 is 24.1 Å². The molecule has 0 spiro atoms. The fourth-order valence-corrected chi connectivity index (χ4v) is 6.54. The molecule has 1 aliphatic rings. The Morgan fingerprint density at radius 2 is 1.76 bits per heavy atom. The third-order valence-corrected chi connectivity index (χ3v) is 9.49. The van der Waals surface area contributed by atoms with Gasteiger partial charge in [0.05, 0.1) is 27.6 Å². The number of imidazole rings is 1. The molecule has 234 valence electrons. The van der Waals surface area contributed by atoms with Crippen LogP contribution < -0.4 is 5.32 Å². The number of nitrogens with one attached hydrogen (secondary N) is 1. The fourth-order valence-electron chi connectivity index (χ4n) is 6.24. The lowest BCUT2D eigenvalue weighted by Gasteiger charge is -2.34. The molecule has 1 atom stereocenters. The number of piperidine rings is 1. The Kier molecular flexibility index (Phi) is 9.79. The van der Waals surface area contributed by atoms with Crippen LogP contribution >= 0.6 is 23.2 Å². The molecule has 1 amide bonds. The van der Waals surface area contributed by atoms with Gasteiger partial charge in [-0.25, -0.2) is 4.98 Å². The monoisotopic (exact) mass is 643 g/mol. The van der Waals surface area contributed by atoms with Crippen LogP contribution in [-0.2, 0) is 6.54 Å². The van der Waals surface area contributed by atoms with Crippen LogP contribution in [0.1, 0.15) is 52.6 Å². The van der Waals surface area contributed by atoms with Crippen molar-refractivity contribution in [2.24, 2.45) is 0 Å². The van der Waals surface area contributed by atoms with E-state index in [0.717, 1.165) is 73.0 Å². The third kappa shape index (κ3) is 7.55. The minimum atomic E-state index is 0.0146. The standard InChI is InChI=1S/C36H39Cl2N5O2/c1-25-12-14-30(45-25)24-43-34-11-7-6-10-33(34)40-36(43)39-29-17-20-42(21-18-29)19-16-28(27-13-15-31(37)32(38)22-27)23-41(2)35(44)26-8-4-3-5-9-26/h3-15,22,28-29H,16-21,23-24H2,1-2H3,(H,39,40). The Morgan fingerprint density at radius 3 is 2.49 bits per heavy atom. The second-order valence-electron chi connectivity index (χ2n) is 12.0. The van der Waals surface area contributed by atoms with Gasteiger partial charge in [-0.05, 0) is 86.8 Å². The van der Waals surface area contributed by atoms with E-state index in [-0.39, 0.29) is 11.8 Å². The number of amides is 1. The number of carbonyl (C=O) groups is 1. The first-order chi connectivity index (χ1) is 21.8. The summed E-state index contributed by atoms with van der Waals surface area (Å²) in [6.07, 6.45) is 2.95. The highest BCUT2D eigenvalue weighted by molar-refractivity contribution is 6.42. The number of fused-ring (bicyclic) bond motifs is 1. The summed E-state index contributed by atoms with van der Waals surface area (Å²) in [5.41, 5.74) is 3.86. The van der Waals surface area contributed by atoms with E-state index in [1.165, 1.54) is 0 Å². The van der Waals surface area contributed by atoms with Crippen LogP contribution in [0.25, 0.3) is 11.0 Å². The van der Waals surface area contributed by atoms with E-state index in [1.54, 1.807) is 0 Å². The Balaban J connectivity index is 1.09. The lowest BCUT2D eigenvalue weighted by atomic mass is 9.94. The predicted molar refractivity (Wildman–Crippen MR) is 183 cm³/mol. The summed E-state index contributed by atoms with van der Waals surface area (Å²) < 4.78 is 8.11. The minimum Gasteiger partial charge on any atom is -0.464 e. The number of aryl methyl sites for hydroxylation is 1. The van der Waals surface area contributed by atoms with Crippen LogP contribution in [0.5, 0.6) is 0 Å². The zero-order valence-corrected chi connectivity index (χ0v) is 27.3. The lowest BCUT2D eigenvalue weighted by molar-refractivity contribution is 0.0782. The number of benzene rings is 3. The van der Waals surface area contributed by atoms with E-state index in [1.807, 2.05) is 85.6 Å². The average molecular weight is 645 g/mol. The Bertz CT molecular complexity index is 1740. The van der Waals surface area contributed by atoms with Crippen molar-refractivity contribution in [2.45, 2.75) is 44.7 Å². The zero-order valence-electron chi connectivity index (χ0n) is 25.8. The summed E-state index contributed by atoms with van der Waals surface area (Å²) in [5, 5.41) is 4.83. The van der Waals surface area contributed by atoms with Crippen molar-refractivity contribution in [3.05, 3.63) is 118 Å². The normalized spacial score (nSPS) is 14.9. The molecule has 1 N–H and O–H groups in total. The maximum Gasteiger partial charge on any atom is 0.253 e. The molecule has 1 unspecified atom stereocenters. The van der Waals surface area contributed by atoms with Crippen LogP contribution in [0, 0.1) is 6.92 Å². The van der Waals surface area contributed by atoms with E-state index >= 15 is 0 Å². The molecule has 0 radical (unpaired) electrons. The summed E-state index contributed by atoms with van der Waals surface area (Å²) in [5.74, 6) is 2.85. The molecule has 3 heterocycles. The SMILES string of the molecule is Cc1ccc(Cn2c(NC3CCN(CCC(CN(C)C(=O)c4ccccc4)c4ccc(Cl)c(Cl)c4)CC3)nc3ccccc32)o1. The quantitative estimate of drug-likeness (QED) is 0.157. The van der Waals surface area contributed by atoms with Crippen molar-refractivity contribution in [1.82, 2.24) is 19.4 Å². The summed E-state index contributed by atoms with van der Waals surface area (Å²) in [7, 11) is 1.87. The number of likely N-dealkylation sites (N-methyl/N-ethyl adjacent to an activating group) is 1. The van der Waals surface area contributed by atoms with Gasteiger partial charge in [0.2, 0.25) is 5.95 Å². The number of anilines is 1. The van der Waals surface area contributed by atoms with E-state index in [2.05, 4.69) is 33.0 Å². The molecule has 1 fully saturated rings. The molecular weight excluding hydrogens is 605 g/mol. The number of furan rings is 1. The van der Waals surface area contributed by atoms with Gasteiger partial charge in [0.1, 0.15) is 11.5 Å². The molecule has 9 heteroatoms. The first-order valence-corrected chi connectivity index (χ1v) is 16.3. The second-order valence-corrected chi connectivity index (χ2v) is 12.8. The fraction of sp³-hybridized carbons (Fsp3) is 0.333. The lowest BCUT2D eigenvalue weighted by Crippen LogP contribution is -2.40. The maximum atomic E-state index is 13.2. The highest BCUT2D eigenvalue weighted by Crippen LogP contribution is 2.30. The molecule has 1 aliphatic heterocycles. The van der Waals surface area contributed by atoms with Crippen molar-refractivity contribution in [3.8, 4) is 0 Å². The zero-order chi connectivity index (χ0) is 31.3. The highest BCUT2D eigenvalue weighted by Gasteiger charge is 2.24. The number of aromatic nitrogens is 2. The van der Waals surface area contributed by atoms with Gasteiger partial charge in [0.15, 0.2) is 0 Å². The third-order valence-electron chi connectivity index (χ3n) is 8.76. The Morgan fingerprint density at radius 1 is 1.00 bits per heavy atom. The highest BCUT2D eigenvalue weighted by atomic mass is 35.5. The van der Waals surface area contributed by atoms with Gasteiger partial charge in [0, 0.05) is 44.2 Å². The maximum absolute atomic E-state index is 13.2. The molecule has 5 aromatic rings. The number of hydrogen-bond donors (Lipinski definition) is 1. The molecule has 2 aromatic heterocycles. The topological polar surface area (TPSA) is 66.5 Å². The van der Waals surface area contributed by atoms with Crippen molar-refractivity contribution < 1.29 is 9.21 Å². The predicted octanol–water partition coefficient (Wildman–Crippen LogP) is 8.12. The molecule has 0 saturated carbocycles. The number of para-hydroxylation sites is 2. The van der Waals surface area contributed by atoms with Gasteiger partial charge in [-0.2, -0.15) is 0 Å². The number of hydrogen-bond acceptors (Lipinski definition) is 5. The summed E-state index contributed by atoms with van der Waals surface area (Å²) in [6.45, 7) is 6.10. The Labute approximate surface area is 274 Å². The van der Waals surface area contributed by atoms with Crippen molar-refractivity contribution in [1.29, 1.82) is 0 Å². The van der Waals surface area contributed by atoms with Crippen LogP contribution in [0.2, 0.25) is 10.0 Å². The van der Waals surface area contributed by atoms with Crippen LogP contribution in [0.3, 0.4) is 0 Å². The molecule has 3 aromatic carbocycles. The van der Waals surface area contributed by atoms with E-state index in [0.29, 0.717) is 34.7 Å². The molecule has 0 aliphatic carbocycles. The van der Waals surface area contributed by atoms with E-state index in [4.69, 9.17) is 32.6 Å². The Hall–Kier alpha value is -3.78. The minimum absolute atomic E-state index is 0.0146. The van der Waals surface area contributed by atoms with Crippen LogP contribution in [0.4, 0.5) is 5.95 Å². The molecular formula is C36H39Cl2N5O2. The van der Waals surface area contributed by atoms with Crippen molar-refractivity contribution >= 4 is 46.1 Å². The smallest absolute Gasteiger partial charge is 0.253 e. The second kappa shape index (κ2) is 14.1. The van der Waals surface area contributed by atoms with Gasteiger partial charge in [-0.1, -0.05) is 59.6 Å². The summed E-state index contributed by atoms with van der Waals surface area (Å²) in [4.78, 5) is 22.4. The van der Waals surface area contributed by atoms with E-state index < -0.39 is 0 Å². The molecule has 1 saturated heterocycles. The molecule has 7 nitrogen and oxygen atoms in total. The van der Waals surface area contributed by atoms with Gasteiger partial charge >= 0.3 is 0 Å². The first kappa shape index (κ1) is 31.2. The van der Waals surface area contributed by atoms with Gasteiger partial charge in [-0.3, -0.25) is 4.79 Å². The van der Waals surface area contributed by atoms with E-state index in [9.17, 15) is 4.79 Å². The number of likely N-dealkylation sites (tertiary alicyclic amines) is 1. The number of nitrogens with zero attached hydrogens (tertiary/aromatic N) is 4. The number of rotatable bonds is 11. The van der Waals surface area contributed by atoms with Gasteiger partial charge in [0.25, 0.3) is 5.91 Å². The summed E-state index contributed by atoms with van der Waals surface area (Å²) in [6, 6.07) is 27.9. The average Bonchev–Trinajstić information content (AvgIpc) is 3.63.